The van der Waals surface area contributed by atoms with Crippen molar-refractivity contribution in [2.24, 2.45) is 0 Å². The first-order valence-corrected chi connectivity index (χ1v) is 5.37. The van der Waals surface area contributed by atoms with Crippen molar-refractivity contribution in [2.45, 2.75) is 18.9 Å². The first-order chi connectivity index (χ1) is 8.16. The van der Waals surface area contributed by atoms with Gasteiger partial charge < -0.3 is 15.7 Å². The molecule has 1 aliphatic heterocycles. The lowest BCUT2D eigenvalue weighted by molar-refractivity contribution is -0.119. The highest BCUT2D eigenvalue weighted by atomic mass is 16.4. The van der Waals surface area contributed by atoms with Crippen LogP contribution in [0.15, 0.2) is 18.5 Å². The van der Waals surface area contributed by atoms with Gasteiger partial charge in [-0.2, -0.15) is 0 Å². The second-order valence-corrected chi connectivity index (χ2v) is 3.91. The molecule has 1 unspecified atom stereocenters. The van der Waals surface area contributed by atoms with Gasteiger partial charge >= 0.3 is 5.97 Å². The van der Waals surface area contributed by atoms with E-state index in [1.165, 1.54) is 12.4 Å². The molecule has 6 heteroatoms. The summed E-state index contributed by atoms with van der Waals surface area (Å²) in [6, 6.07) is 1.68. The predicted molar refractivity (Wildman–Crippen MR) is 60.9 cm³/mol. The van der Waals surface area contributed by atoms with E-state index in [0.29, 0.717) is 18.7 Å². The highest BCUT2D eigenvalue weighted by Gasteiger charge is 2.20. The predicted octanol–water partition coefficient (Wildman–Crippen LogP) is 0.470. The van der Waals surface area contributed by atoms with Gasteiger partial charge in [-0.1, -0.05) is 0 Å². The van der Waals surface area contributed by atoms with Crippen LogP contribution in [-0.2, 0) is 4.79 Å². The number of nitrogens with zero attached hydrogens (tertiary/aromatic N) is 1. The van der Waals surface area contributed by atoms with E-state index in [2.05, 4.69) is 15.6 Å². The Morgan fingerprint density at radius 1 is 1.65 bits per heavy atom. The van der Waals surface area contributed by atoms with Crippen LogP contribution in [0.3, 0.4) is 0 Å². The number of carboxylic acids is 1. The summed E-state index contributed by atoms with van der Waals surface area (Å²) in [7, 11) is 0. The molecule has 3 N–H and O–H groups in total. The molecule has 0 aromatic carbocycles. The maximum atomic E-state index is 11.0. The number of amides is 1. The molecule has 6 nitrogen and oxygen atoms in total. The molecule has 90 valence electrons. The maximum absolute atomic E-state index is 11.0. The summed E-state index contributed by atoms with van der Waals surface area (Å²) in [5.41, 5.74) is 0.658. The number of carbonyl (C=O) groups excluding carboxylic acids is 1. The van der Waals surface area contributed by atoms with Gasteiger partial charge in [0.05, 0.1) is 5.69 Å². The van der Waals surface area contributed by atoms with E-state index < -0.39 is 5.97 Å². The molecule has 0 spiro atoms. The summed E-state index contributed by atoms with van der Waals surface area (Å²) in [6.45, 7) is 0.524. The largest absolute Gasteiger partial charge is 0.478 e. The van der Waals surface area contributed by atoms with Crippen LogP contribution in [0.1, 0.15) is 23.2 Å². The van der Waals surface area contributed by atoms with Gasteiger partial charge in [0.2, 0.25) is 5.91 Å². The molecule has 2 rings (SSSR count). The van der Waals surface area contributed by atoms with Crippen LogP contribution in [-0.4, -0.2) is 34.6 Å². The van der Waals surface area contributed by atoms with E-state index in [1.807, 2.05) is 0 Å². The lowest BCUT2D eigenvalue weighted by atomic mass is 10.2. The normalized spacial score (nSPS) is 18.8. The third-order valence-corrected chi connectivity index (χ3v) is 2.68. The van der Waals surface area contributed by atoms with Crippen molar-refractivity contribution in [1.82, 2.24) is 10.3 Å². The Bertz CT molecular complexity index is 447. The second kappa shape index (κ2) is 4.82. The minimum absolute atomic E-state index is 0.0463. The quantitative estimate of drug-likeness (QED) is 0.705. The number of pyridine rings is 1. The molecule has 1 fully saturated rings. The zero-order valence-corrected chi connectivity index (χ0v) is 9.14. The number of nitrogens with one attached hydrogen (secondary N) is 2. The van der Waals surface area contributed by atoms with E-state index in [0.717, 1.165) is 6.42 Å². The molecule has 17 heavy (non-hydrogen) atoms. The number of carboxylic acid groups (broad SMARTS) is 1. The van der Waals surface area contributed by atoms with Crippen LogP contribution in [0.25, 0.3) is 0 Å². The van der Waals surface area contributed by atoms with Crippen LogP contribution in [0.2, 0.25) is 0 Å². The summed E-state index contributed by atoms with van der Waals surface area (Å²) in [5.74, 6) is -0.971. The van der Waals surface area contributed by atoms with Crippen LogP contribution in [0, 0.1) is 0 Å². The minimum Gasteiger partial charge on any atom is -0.478 e. The zero-order valence-electron chi connectivity index (χ0n) is 9.14. The van der Waals surface area contributed by atoms with Gasteiger partial charge in [-0.05, 0) is 12.5 Å². The van der Waals surface area contributed by atoms with Crippen LogP contribution in [0.4, 0.5) is 5.69 Å². The summed E-state index contributed by atoms with van der Waals surface area (Å²) in [4.78, 5) is 25.7. The Morgan fingerprint density at radius 2 is 2.47 bits per heavy atom. The molecule has 0 radical (unpaired) electrons. The SMILES string of the molecule is O=C1CCC(CNc2ccncc2C(=O)O)N1. The Hall–Kier alpha value is -2.11. The minimum atomic E-state index is -1.02. The van der Waals surface area contributed by atoms with Crippen molar-refractivity contribution < 1.29 is 14.7 Å². The third-order valence-electron chi connectivity index (χ3n) is 2.68. The number of hydrogen-bond acceptors (Lipinski definition) is 4. The Morgan fingerprint density at radius 3 is 3.12 bits per heavy atom. The first kappa shape index (κ1) is 11.4. The number of aromatic carboxylic acids is 1. The van der Waals surface area contributed by atoms with E-state index in [1.54, 1.807) is 6.07 Å². The lowest BCUT2D eigenvalue weighted by Crippen LogP contribution is -2.32. The Balaban J connectivity index is 1.99. The molecule has 1 atom stereocenters. The maximum Gasteiger partial charge on any atom is 0.339 e. The number of anilines is 1. The summed E-state index contributed by atoms with van der Waals surface area (Å²) < 4.78 is 0. The first-order valence-electron chi connectivity index (χ1n) is 5.37. The van der Waals surface area contributed by atoms with Gasteiger partial charge in [0.25, 0.3) is 0 Å². The van der Waals surface area contributed by atoms with E-state index in [9.17, 15) is 9.59 Å². The molecule has 1 saturated heterocycles. The van der Waals surface area contributed by atoms with Gasteiger partial charge in [-0.15, -0.1) is 0 Å². The van der Waals surface area contributed by atoms with Crippen molar-refractivity contribution in [2.75, 3.05) is 11.9 Å². The monoisotopic (exact) mass is 235 g/mol. The van der Waals surface area contributed by atoms with Crippen molar-refractivity contribution >= 4 is 17.6 Å². The van der Waals surface area contributed by atoms with Gasteiger partial charge in [-0.3, -0.25) is 9.78 Å². The molecular weight excluding hydrogens is 222 g/mol. The van der Waals surface area contributed by atoms with Crippen LogP contribution in [0.5, 0.6) is 0 Å². The highest BCUT2D eigenvalue weighted by molar-refractivity contribution is 5.93. The second-order valence-electron chi connectivity index (χ2n) is 3.91. The van der Waals surface area contributed by atoms with Gasteiger partial charge in [0.15, 0.2) is 0 Å². The highest BCUT2D eigenvalue weighted by Crippen LogP contribution is 2.14. The smallest absolute Gasteiger partial charge is 0.339 e. The molecule has 1 aliphatic rings. The fourth-order valence-electron chi connectivity index (χ4n) is 1.78. The Kier molecular flexibility index (Phi) is 3.22. The number of aromatic nitrogens is 1. The van der Waals surface area contributed by atoms with Gasteiger partial charge in [-0.25, -0.2) is 4.79 Å². The number of carbonyl (C=O) groups is 2. The molecule has 1 aromatic rings. The fraction of sp³-hybridized carbons (Fsp3) is 0.364. The number of rotatable bonds is 4. The molecule has 1 aromatic heterocycles. The summed E-state index contributed by atoms with van der Waals surface area (Å²) >= 11 is 0. The lowest BCUT2D eigenvalue weighted by Gasteiger charge is -2.13. The zero-order chi connectivity index (χ0) is 12.3. The van der Waals surface area contributed by atoms with Crippen LogP contribution < -0.4 is 10.6 Å². The molecule has 0 bridgehead atoms. The third kappa shape index (κ3) is 2.72. The fourth-order valence-corrected chi connectivity index (χ4v) is 1.78. The standard InChI is InChI=1S/C11H13N3O3/c15-10-2-1-7(14-10)5-13-9-3-4-12-6-8(9)11(16)17/h3-4,6-7H,1-2,5H2,(H,12,13)(H,14,15)(H,16,17). The molecular formula is C11H13N3O3. The number of hydrogen-bond donors (Lipinski definition) is 3. The van der Waals surface area contributed by atoms with Gasteiger partial charge in [0.1, 0.15) is 5.56 Å². The van der Waals surface area contributed by atoms with E-state index in [-0.39, 0.29) is 17.5 Å². The van der Waals surface area contributed by atoms with Crippen molar-refractivity contribution in [3.8, 4) is 0 Å². The Labute approximate surface area is 98.1 Å². The molecule has 1 amide bonds. The van der Waals surface area contributed by atoms with Crippen molar-refractivity contribution in [1.29, 1.82) is 0 Å². The van der Waals surface area contributed by atoms with Crippen molar-refractivity contribution in [3.05, 3.63) is 24.0 Å². The van der Waals surface area contributed by atoms with E-state index in [4.69, 9.17) is 5.11 Å². The van der Waals surface area contributed by atoms with Crippen molar-refractivity contribution in [3.63, 3.8) is 0 Å². The average molecular weight is 235 g/mol. The van der Waals surface area contributed by atoms with Gasteiger partial charge in [0, 0.05) is 31.4 Å². The summed E-state index contributed by atoms with van der Waals surface area (Å²) in [5, 5.41) is 14.8. The molecule has 0 aliphatic carbocycles. The topological polar surface area (TPSA) is 91.3 Å². The molecule has 0 saturated carbocycles. The van der Waals surface area contributed by atoms with Crippen LogP contribution >= 0.6 is 0 Å². The summed E-state index contributed by atoms with van der Waals surface area (Å²) in [6.07, 6.45) is 4.15. The average Bonchev–Trinajstić information content (AvgIpc) is 2.73. The molecule has 2 heterocycles. The van der Waals surface area contributed by atoms with E-state index >= 15 is 0 Å².